The molecule has 8 heteroatoms. The van der Waals surface area contributed by atoms with Crippen LogP contribution in [0.2, 0.25) is 0 Å². The molecule has 2 atom stereocenters. The fraction of sp³-hybridized carbons (Fsp3) is 0.111. The van der Waals surface area contributed by atoms with Gasteiger partial charge in [0.25, 0.3) is 0 Å². The van der Waals surface area contributed by atoms with Crippen LogP contribution in [0.4, 0.5) is 0 Å². The van der Waals surface area contributed by atoms with Crippen LogP contribution >= 0.6 is 31.9 Å². The van der Waals surface area contributed by atoms with E-state index < -0.39 is 12.2 Å². The number of hydrogen-bond acceptors (Lipinski definition) is 6. The SMILES string of the molecule is O=C(Oc1ccc([C@H]2Oc3ccc(Br)cc3[C@@H]3CC(c4ccco4)=NN23)cc1)c1ccc(Br)cc1. The van der Waals surface area contributed by atoms with Gasteiger partial charge in [-0.1, -0.05) is 31.9 Å². The number of benzene rings is 3. The molecule has 0 aliphatic carbocycles. The number of esters is 1. The zero-order valence-electron chi connectivity index (χ0n) is 18.2. The number of halogens is 2. The van der Waals surface area contributed by atoms with Crippen LogP contribution in [0, 0.1) is 0 Å². The van der Waals surface area contributed by atoms with Crippen molar-refractivity contribution in [2.45, 2.75) is 18.7 Å². The van der Waals surface area contributed by atoms with Gasteiger partial charge in [0.1, 0.15) is 23.0 Å². The summed E-state index contributed by atoms with van der Waals surface area (Å²) in [7, 11) is 0. The van der Waals surface area contributed by atoms with Gasteiger partial charge in [0, 0.05) is 26.5 Å². The van der Waals surface area contributed by atoms with Crippen LogP contribution < -0.4 is 9.47 Å². The van der Waals surface area contributed by atoms with Crippen molar-refractivity contribution in [3.05, 3.63) is 117 Å². The van der Waals surface area contributed by atoms with E-state index in [0.29, 0.717) is 17.7 Å². The molecule has 3 aromatic carbocycles. The van der Waals surface area contributed by atoms with Crippen LogP contribution in [0.3, 0.4) is 0 Å². The van der Waals surface area contributed by atoms with Gasteiger partial charge in [0.2, 0.25) is 6.23 Å². The van der Waals surface area contributed by atoms with E-state index >= 15 is 0 Å². The van der Waals surface area contributed by atoms with Gasteiger partial charge in [-0.05, 0) is 78.9 Å². The largest absolute Gasteiger partial charge is 0.464 e. The Bertz CT molecular complexity index is 1420. The number of rotatable bonds is 4. The van der Waals surface area contributed by atoms with E-state index in [4.69, 9.17) is 19.0 Å². The quantitative estimate of drug-likeness (QED) is 0.184. The molecule has 6 nitrogen and oxygen atoms in total. The van der Waals surface area contributed by atoms with Gasteiger partial charge in [-0.15, -0.1) is 0 Å². The number of hydrogen-bond donors (Lipinski definition) is 0. The lowest BCUT2D eigenvalue weighted by molar-refractivity contribution is -0.0191. The molecule has 1 aromatic heterocycles. The molecule has 6 rings (SSSR count). The predicted octanol–water partition coefficient (Wildman–Crippen LogP) is 7.27. The number of furan rings is 1. The second-order valence-electron chi connectivity index (χ2n) is 8.24. The normalized spacial score (nSPS) is 18.3. The molecule has 0 fully saturated rings. The second-order valence-corrected chi connectivity index (χ2v) is 10.1. The third kappa shape index (κ3) is 4.28. The molecular formula is C27H18Br2N2O4. The van der Waals surface area contributed by atoms with Crippen LogP contribution in [-0.4, -0.2) is 16.7 Å². The summed E-state index contributed by atoms with van der Waals surface area (Å²) >= 11 is 6.95. The third-order valence-electron chi connectivity index (χ3n) is 6.01. The van der Waals surface area contributed by atoms with Crippen molar-refractivity contribution in [3.8, 4) is 11.5 Å². The smallest absolute Gasteiger partial charge is 0.343 e. The molecule has 0 radical (unpaired) electrons. The van der Waals surface area contributed by atoms with Crippen molar-refractivity contribution in [3.63, 3.8) is 0 Å². The molecule has 2 aliphatic rings. The second kappa shape index (κ2) is 9.02. The van der Waals surface area contributed by atoms with Gasteiger partial charge in [0.05, 0.1) is 17.9 Å². The Balaban J connectivity index is 1.28. The minimum absolute atomic E-state index is 0.0104. The zero-order valence-corrected chi connectivity index (χ0v) is 21.4. The van der Waals surface area contributed by atoms with E-state index in [2.05, 4.69) is 37.9 Å². The summed E-state index contributed by atoms with van der Waals surface area (Å²) in [6.45, 7) is 0. The lowest BCUT2D eigenvalue weighted by Crippen LogP contribution is -2.33. The number of hydrazone groups is 1. The molecule has 0 N–H and O–H groups in total. The molecule has 0 bridgehead atoms. The van der Waals surface area contributed by atoms with E-state index in [1.165, 1.54) is 0 Å². The lowest BCUT2D eigenvalue weighted by atomic mass is 9.97. The zero-order chi connectivity index (χ0) is 23.9. The van der Waals surface area contributed by atoms with Crippen LogP contribution in [0.1, 0.15) is 45.9 Å². The van der Waals surface area contributed by atoms with Gasteiger partial charge >= 0.3 is 5.97 Å². The Morgan fingerprint density at radius 2 is 1.74 bits per heavy atom. The first kappa shape index (κ1) is 22.1. The molecular weight excluding hydrogens is 576 g/mol. The van der Waals surface area contributed by atoms with Gasteiger partial charge in [-0.3, -0.25) is 0 Å². The Labute approximate surface area is 218 Å². The predicted molar refractivity (Wildman–Crippen MR) is 137 cm³/mol. The number of carbonyl (C=O) groups excluding carboxylic acids is 1. The van der Waals surface area contributed by atoms with Crippen molar-refractivity contribution in [1.29, 1.82) is 0 Å². The van der Waals surface area contributed by atoms with Crippen LogP contribution in [-0.2, 0) is 0 Å². The molecule has 0 spiro atoms. The summed E-state index contributed by atoms with van der Waals surface area (Å²) in [5.74, 6) is 1.62. The Morgan fingerprint density at radius 3 is 2.49 bits per heavy atom. The summed E-state index contributed by atoms with van der Waals surface area (Å²) in [5.41, 5.74) is 3.33. The molecule has 0 amide bonds. The average molecular weight is 594 g/mol. The summed E-state index contributed by atoms with van der Waals surface area (Å²) < 4.78 is 19.5. The molecule has 174 valence electrons. The fourth-order valence-corrected chi connectivity index (χ4v) is 4.97. The van der Waals surface area contributed by atoms with Crippen molar-refractivity contribution in [1.82, 2.24) is 5.01 Å². The number of nitrogens with zero attached hydrogens (tertiary/aromatic N) is 2. The van der Waals surface area contributed by atoms with Crippen molar-refractivity contribution >= 4 is 43.5 Å². The molecule has 0 unspecified atom stereocenters. The van der Waals surface area contributed by atoms with Gasteiger partial charge in [0.15, 0.2) is 0 Å². The molecule has 2 aliphatic heterocycles. The van der Waals surface area contributed by atoms with Gasteiger partial charge in [-0.25, -0.2) is 9.80 Å². The monoisotopic (exact) mass is 592 g/mol. The molecule has 4 aromatic rings. The first-order valence-electron chi connectivity index (χ1n) is 11.0. The molecule has 0 saturated heterocycles. The first-order valence-corrected chi connectivity index (χ1v) is 12.6. The fourth-order valence-electron chi connectivity index (χ4n) is 4.32. The van der Waals surface area contributed by atoms with Crippen LogP contribution in [0.15, 0.2) is 104 Å². The topological polar surface area (TPSA) is 64.3 Å². The molecule has 3 heterocycles. The molecule has 35 heavy (non-hydrogen) atoms. The van der Waals surface area contributed by atoms with Crippen molar-refractivity contribution < 1.29 is 18.7 Å². The maximum atomic E-state index is 12.5. The number of carbonyl (C=O) groups is 1. The number of fused-ring (bicyclic) bond motifs is 3. The van der Waals surface area contributed by atoms with Crippen LogP contribution in [0.5, 0.6) is 11.5 Å². The van der Waals surface area contributed by atoms with E-state index in [9.17, 15) is 4.79 Å². The highest BCUT2D eigenvalue weighted by Gasteiger charge is 2.41. The highest BCUT2D eigenvalue weighted by atomic mass is 79.9. The number of ether oxygens (including phenoxy) is 2. The van der Waals surface area contributed by atoms with E-state index in [1.54, 1.807) is 42.7 Å². The maximum Gasteiger partial charge on any atom is 0.343 e. The Hall–Kier alpha value is -3.36. The van der Waals surface area contributed by atoms with Crippen molar-refractivity contribution in [2.24, 2.45) is 5.10 Å². The Morgan fingerprint density at radius 1 is 0.971 bits per heavy atom. The highest BCUT2D eigenvalue weighted by molar-refractivity contribution is 9.10. The highest BCUT2D eigenvalue weighted by Crippen LogP contribution is 2.48. The summed E-state index contributed by atoms with van der Waals surface area (Å²) in [4.78, 5) is 12.5. The van der Waals surface area contributed by atoms with E-state index in [0.717, 1.165) is 37.3 Å². The summed E-state index contributed by atoms with van der Waals surface area (Å²) in [5, 5.41) is 6.86. The lowest BCUT2D eigenvalue weighted by Gasteiger charge is -2.38. The van der Waals surface area contributed by atoms with E-state index in [1.807, 2.05) is 41.4 Å². The minimum atomic E-state index is -0.433. The van der Waals surface area contributed by atoms with Crippen LogP contribution in [0.25, 0.3) is 0 Å². The third-order valence-corrected chi connectivity index (χ3v) is 7.04. The first-order chi connectivity index (χ1) is 17.0. The minimum Gasteiger partial charge on any atom is -0.464 e. The van der Waals surface area contributed by atoms with Crippen molar-refractivity contribution in [2.75, 3.05) is 0 Å². The van der Waals surface area contributed by atoms with Gasteiger partial charge < -0.3 is 13.9 Å². The van der Waals surface area contributed by atoms with Gasteiger partial charge in [-0.2, -0.15) is 5.10 Å². The summed E-state index contributed by atoms with van der Waals surface area (Å²) in [6, 6.07) is 24.2. The Kier molecular flexibility index (Phi) is 5.70. The van der Waals surface area contributed by atoms with E-state index in [-0.39, 0.29) is 6.04 Å². The standard InChI is InChI=1S/C27H18Br2N2O4/c28-18-7-3-17(4-8-18)27(32)34-20-10-5-16(6-11-20)26-31-23(15-22(30-31)25-2-1-13-33-25)21-14-19(29)9-12-24(21)35-26/h1-14,23,26H,15H2/t23-,26+/m0/s1. The molecule has 0 saturated carbocycles. The maximum absolute atomic E-state index is 12.5. The average Bonchev–Trinajstić information content (AvgIpc) is 3.55. The summed E-state index contributed by atoms with van der Waals surface area (Å²) in [6.07, 6.45) is 1.93.